The normalized spacial score (nSPS) is 11.0. The summed E-state index contributed by atoms with van der Waals surface area (Å²) in [6.07, 6.45) is 0. The van der Waals surface area contributed by atoms with Gasteiger partial charge < -0.3 is 9.88 Å². The highest BCUT2D eigenvalue weighted by atomic mass is 32.2. The third-order valence-corrected chi connectivity index (χ3v) is 5.36. The Hall–Kier alpha value is -2.60. The maximum atomic E-state index is 12.2. The molecule has 3 aromatic rings. The molecule has 27 heavy (non-hydrogen) atoms. The summed E-state index contributed by atoms with van der Waals surface area (Å²) in [5, 5.41) is 12.1. The number of anilines is 1. The highest BCUT2D eigenvalue weighted by Crippen LogP contribution is 2.24. The molecule has 1 heterocycles. The van der Waals surface area contributed by atoms with Crippen molar-refractivity contribution < 1.29 is 4.79 Å². The van der Waals surface area contributed by atoms with Crippen molar-refractivity contribution in [2.75, 3.05) is 11.1 Å². The molecular weight excluding hydrogens is 356 g/mol. The summed E-state index contributed by atoms with van der Waals surface area (Å²) in [4.78, 5) is 12.2. The van der Waals surface area contributed by atoms with Gasteiger partial charge in [-0.1, -0.05) is 67.6 Å². The summed E-state index contributed by atoms with van der Waals surface area (Å²) in [5.41, 5.74) is 4.28. The van der Waals surface area contributed by atoms with E-state index in [4.69, 9.17) is 0 Å². The van der Waals surface area contributed by atoms with Crippen molar-refractivity contribution in [3.8, 4) is 11.4 Å². The van der Waals surface area contributed by atoms with Crippen LogP contribution in [0.3, 0.4) is 0 Å². The molecule has 0 radical (unpaired) electrons. The average molecular weight is 381 g/mol. The van der Waals surface area contributed by atoms with E-state index in [1.807, 2.05) is 42.8 Å². The van der Waals surface area contributed by atoms with Crippen LogP contribution in [-0.2, 0) is 11.8 Å². The lowest BCUT2D eigenvalue weighted by Crippen LogP contribution is -2.14. The van der Waals surface area contributed by atoms with Gasteiger partial charge >= 0.3 is 0 Å². The molecule has 5 nitrogen and oxygen atoms in total. The molecule has 1 N–H and O–H groups in total. The second-order valence-electron chi connectivity index (χ2n) is 6.84. The number of aryl methyl sites for hydroxylation is 1. The zero-order chi connectivity index (χ0) is 19.4. The Balaban J connectivity index is 1.63. The average Bonchev–Trinajstić information content (AvgIpc) is 3.02. The van der Waals surface area contributed by atoms with Crippen molar-refractivity contribution in [1.29, 1.82) is 0 Å². The van der Waals surface area contributed by atoms with Crippen LogP contribution < -0.4 is 5.32 Å². The van der Waals surface area contributed by atoms with Gasteiger partial charge in [-0.25, -0.2) is 0 Å². The van der Waals surface area contributed by atoms with Crippen molar-refractivity contribution in [1.82, 2.24) is 14.8 Å². The molecule has 0 aliphatic rings. The molecule has 3 rings (SSSR count). The Morgan fingerprint density at radius 3 is 2.37 bits per heavy atom. The summed E-state index contributed by atoms with van der Waals surface area (Å²) in [6, 6.07) is 16.1. The van der Waals surface area contributed by atoms with Gasteiger partial charge in [0.1, 0.15) is 0 Å². The van der Waals surface area contributed by atoms with Crippen LogP contribution in [0, 0.1) is 6.92 Å². The largest absolute Gasteiger partial charge is 0.325 e. The van der Waals surface area contributed by atoms with Gasteiger partial charge in [0.05, 0.1) is 5.75 Å². The molecule has 0 aliphatic heterocycles. The minimum absolute atomic E-state index is 0.0605. The van der Waals surface area contributed by atoms with Crippen LogP contribution in [0.1, 0.15) is 30.9 Å². The number of carbonyl (C=O) groups excluding carboxylic acids is 1. The number of hydrogen-bond donors (Lipinski definition) is 1. The lowest BCUT2D eigenvalue weighted by molar-refractivity contribution is -0.113. The second kappa shape index (κ2) is 8.39. The van der Waals surface area contributed by atoms with Gasteiger partial charge in [0, 0.05) is 18.3 Å². The topological polar surface area (TPSA) is 59.8 Å². The van der Waals surface area contributed by atoms with Crippen LogP contribution in [0.25, 0.3) is 11.4 Å². The number of nitrogens with one attached hydrogen (secondary N) is 1. The third-order valence-electron chi connectivity index (χ3n) is 4.34. The van der Waals surface area contributed by atoms with Crippen LogP contribution >= 0.6 is 11.8 Å². The van der Waals surface area contributed by atoms with E-state index in [0.717, 1.165) is 27.8 Å². The molecular formula is C21H24N4OS. The van der Waals surface area contributed by atoms with Crippen LogP contribution in [0.4, 0.5) is 5.69 Å². The fourth-order valence-corrected chi connectivity index (χ4v) is 3.38. The zero-order valence-corrected chi connectivity index (χ0v) is 16.9. The standard InChI is InChI=1S/C21H24N4OS/c1-14(2)16-7-9-17(10-8-16)20-23-24-21(25(20)4)27-13-19(26)22-18-11-5-15(3)6-12-18/h5-12,14H,13H2,1-4H3,(H,22,26). The molecule has 1 aromatic heterocycles. The SMILES string of the molecule is Cc1ccc(NC(=O)CSc2nnc(-c3ccc(C(C)C)cc3)n2C)cc1. The quantitative estimate of drug-likeness (QED) is 0.633. The van der Waals surface area contributed by atoms with E-state index in [9.17, 15) is 4.79 Å². The summed E-state index contributed by atoms with van der Waals surface area (Å²) in [7, 11) is 1.92. The minimum atomic E-state index is -0.0605. The van der Waals surface area contributed by atoms with Gasteiger partial charge in [-0.05, 0) is 30.5 Å². The highest BCUT2D eigenvalue weighted by Gasteiger charge is 2.13. The smallest absolute Gasteiger partial charge is 0.234 e. The third kappa shape index (κ3) is 4.77. The summed E-state index contributed by atoms with van der Waals surface area (Å²) in [5.74, 6) is 1.52. The number of amides is 1. The first kappa shape index (κ1) is 19.2. The van der Waals surface area contributed by atoms with Gasteiger partial charge in [0.25, 0.3) is 0 Å². The first-order valence-electron chi connectivity index (χ1n) is 8.93. The molecule has 2 aromatic carbocycles. The molecule has 1 amide bonds. The number of aromatic nitrogens is 3. The fourth-order valence-electron chi connectivity index (χ4n) is 2.67. The van der Waals surface area contributed by atoms with E-state index in [0.29, 0.717) is 5.92 Å². The minimum Gasteiger partial charge on any atom is -0.325 e. The Morgan fingerprint density at radius 1 is 1.07 bits per heavy atom. The number of benzene rings is 2. The van der Waals surface area contributed by atoms with Crippen molar-refractivity contribution in [3.63, 3.8) is 0 Å². The molecule has 0 spiro atoms. The lowest BCUT2D eigenvalue weighted by atomic mass is 10.0. The number of thioether (sulfide) groups is 1. The van der Waals surface area contributed by atoms with E-state index < -0.39 is 0 Å². The summed E-state index contributed by atoms with van der Waals surface area (Å²) >= 11 is 1.38. The van der Waals surface area contributed by atoms with Crippen LogP contribution in [-0.4, -0.2) is 26.4 Å². The molecule has 0 aliphatic carbocycles. The molecule has 0 saturated carbocycles. The second-order valence-corrected chi connectivity index (χ2v) is 7.79. The van der Waals surface area contributed by atoms with Gasteiger partial charge in [-0.3, -0.25) is 4.79 Å². The van der Waals surface area contributed by atoms with Crippen LogP contribution in [0.5, 0.6) is 0 Å². The zero-order valence-electron chi connectivity index (χ0n) is 16.1. The molecule has 0 bridgehead atoms. The summed E-state index contributed by atoms with van der Waals surface area (Å²) < 4.78 is 1.92. The van der Waals surface area contributed by atoms with E-state index in [2.05, 4.69) is 53.6 Å². The number of hydrogen-bond acceptors (Lipinski definition) is 4. The Kier molecular flexibility index (Phi) is 5.96. The Bertz CT molecular complexity index is 914. The van der Waals surface area contributed by atoms with Gasteiger partial charge in [-0.15, -0.1) is 10.2 Å². The van der Waals surface area contributed by atoms with E-state index in [1.54, 1.807) is 0 Å². The van der Waals surface area contributed by atoms with E-state index in [-0.39, 0.29) is 11.7 Å². The maximum absolute atomic E-state index is 12.2. The predicted octanol–water partition coefficient (Wildman–Crippen LogP) is 4.64. The molecule has 0 saturated heterocycles. The van der Waals surface area contributed by atoms with Crippen molar-refractivity contribution in [2.24, 2.45) is 7.05 Å². The first-order chi connectivity index (χ1) is 12.9. The highest BCUT2D eigenvalue weighted by molar-refractivity contribution is 7.99. The maximum Gasteiger partial charge on any atom is 0.234 e. The number of nitrogens with zero attached hydrogens (tertiary/aromatic N) is 3. The number of rotatable bonds is 6. The number of carbonyl (C=O) groups is 1. The predicted molar refractivity (Wildman–Crippen MR) is 111 cm³/mol. The lowest BCUT2D eigenvalue weighted by Gasteiger charge is -2.07. The van der Waals surface area contributed by atoms with E-state index in [1.165, 1.54) is 17.3 Å². The van der Waals surface area contributed by atoms with Crippen molar-refractivity contribution in [3.05, 3.63) is 59.7 Å². The Morgan fingerprint density at radius 2 is 1.74 bits per heavy atom. The van der Waals surface area contributed by atoms with Gasteiger partial charge in [-0.2, -0.15) is 0 Å². The monoisotopic (exact) mass is 380 g/mol. The van der Waals surface area contributed by atoms with Crippen LogP contribution in [0.15, 0.2) is 53.7 Å². The van der Waals surface area contributed by atoms with Gasteiger partial charge in [0.2, 0.25) is 5.91 Å². The van der Waals surface area contributed by atoms with E-state index >= 15 is 0 Å². The molecule has 0 fully saturated rings. The van der Waals surface area contributed by atoms with Crippen molar-refractivity contribution in [2.45, 2.75) is 31.8 Å². The molecule has 0 atom stereocenters. The molecule has 140 valence electrons. The molecule has 0 unspecified atom stereocenters. The fraction of sp³-hybridized carbons (Fsp3) is 0.286. The van der Waals surface area contributed by atoms with Gasteiger partial charge in [0.15, 0.2) is 11.0 Å². The van der Waals surface area contributed by atoms with Crippen LogP contribution in [0.2, 0.25) is 0 Å². The summed E-state index contributed by atoms with van der Waals surface area (Å²) in [6.45, 7) is 6.37. The molecule has 6 heteroatoms. The van der Waals surface area contributed by atoms with Crippen molar-refractivity contribution >= 4 is 23.4 Å². The Labute approximate surface area is 164 Å². The first-order valence-corrected chi connectivity index (χ1v) is 9.91.